The Morgan fingerprint density at radius 1 is 1.15 bits per heavy atom. The first kappa shape index (κ1) is 22.1. The zero-order chi connectivity index (χ0) is 19.7. The first-order valence-electron chi connectivity index (χ1n) is 8.74. The SMILES string of the molecule is CC(C)N(C)S(=O)(=O)c1cccc(C(=O)NCCCCCCC(=O)O)c1. The van der Waals surface area contributed by atoms with Gasteiger partial charge >= 0.3 is 5.97 Å². The monoisotopic (exact) mass is 384 g/mol. The van der Waals surface area contributed by atoms with Crippen LogP contribution in [0.4, 0.5) is 0 Å². The number of amides is 1. The lowest BCUT2D eigenvalue weighted by molar-refractivity contribution is -0.137. The van der Waals surface area contributed by atoms with E-state index in [9.17, 15) is 18.0 Å². The number of aliphatic carboxylic acids is 1. The summed E-state index contributed by atoms with van der Waals surface area (Å²) in [6.45, 7) is 4.03. The van der Waals surface area contributed by atoms with Crippen molar-refractivity contribution < 1.29 is 23.1 Å². The van der Waals surface area contributed by atoms with E-state index in [4.69, 9.17) is 5.11 Å². The molecule has 2 N–H and O–H groups in total. The Bertz CT molecular complexity index is 716. The fraction of sp³-hybridized carbons (Fsp3) is 0.556. The van der Waals surface area contributed by atoms with E-state index in [1.165, 1.54) is 23.5 Å². The van der Waals surface area contributed by atoms with Crippen LogP contribution in [0.1, 0.15) is 56.3 Å². The first-order chi connectivity index (χ1) is 12.2. The molecule has 0 spiro atoms. The van der Waals surface area contributed by atoms with E-state index in [1.54, 1.807) is 26.0 Å². The van der Waals surface area contributed by atoms with E-state index in [2.05, 4.69) is 5.32 Å². The normalized spacial score (nSPS) is 11.7. The number of hydrogen-bond donors (Lipinski definition) is 2. The maximum atomic E-state index is 12.5. The molecule has 0 saturated heterocycles. The smallest absolute Gasteiger partial charge is 0.303 e. The van der Waals surface area contributed by atoms with Crippen molar-refractivity contribution in [2.75, 3.05) is 13.6 Å². The van der Waals surface area contributed by atoms with Crippen LogP contribution in [-0.4, -0.2) is 49.3 Å². The lowest BCUT2D eigenvalue weighted by atomic mass is 10.1. The summed E-state index contributed by atoms with van der Waals surface area (Å²) in [4.78, 5) is 22.7. The molecule has 146 valence electrons. The summed E-state index contributed by atoms with van der Waals surface area (Å²) in [5.74, 6) is -1.11. The molecule has 0 aromatic heterocycles. The van der Waals surface area contributed by atoms with Gasteiger partial charge < -0.3 is 10.4 Å². The van der Waals surface area contributed by atoms with Gasteiger partial charge in [0.05, 0.1) is 4.90 Å². The third kappa shape index (κ3) is 6.76. The molecule has 0 bridgehead atoms. The molecule has 0 radical (unpaired) electrons. The summed E-state index contributed by atoms with van der Waals surface area (Å²) in [5, 5.41) is 11.3. The van der Waals surface area contributed by atoms with E-state index < -0.39 is 16.0 Å². The summed E-state index contributed by atoms with van der Waals surface area (Å²) in [6, 6.07) is 5.82. The summed E-state index contributed by atoms with van der Waals surface area (Å²) in [5.41, 5.74) is 0.300. The highest BCUT2D eigenvalue weighted by Gasteiger charge is 2.23. The van der Waals surface area contributed by atoms with Crippen molar-refractivity contribution in [3.63, 3.8) is 0 Å². The fourth-order valence-corrected chi connectivity index (χ4v) is 3.71. The predicted molar refractivity (Wildman–Crippen MR) is 99.6 cm³/mol. The van der Waals surface area contributed by atoms with Gasteiger partial charge in [-0.25, -0.2) is 8.42 Å². The number of unbranched alkanes of at least 4 members (excludes halogenated alkanes) is 3. The second kappa shape index (κ2) is 10.3. The molecular weight excluding hydrogens is 356 g/mol. The van der Waals surface area contributed by atoms with Crippen molar-refractivity contribution >= 4 is 21.9 Å². The number of nitrogens with one attached hydrogen (secondary N) is 1. The first-order valence-corrected chi connectivity index (χ1v) is 10.2. The number of rotatable bonds is 11. The molecule has 1 aromatic carbocycles. The van der Waals surface area contributed by atoms with Gasteiger partial charge in [-0.2, -0.15) is 4.31 Å². The van der Waals surface area contributed by atoms with Gasteiger partial charge in [0.1, 0.15) is 0 Å². The molecule has 0 unspecified atom stereocenters. The summed E-state index contributed by atoms with van der Waals surface area (Å²) < 4.78 is 26.3. The Balaban J connectivity index is 2.57. The standard InChI is InChI=1S/C18H28N2O5S/c1-14(2)20(3)26(24,25)16-10-8-9-15(13-16)18(23)19-12-7-5-4-6-11-17(21)22/h8-10,13-14H,4-7,11-12H2,1-3H3,(H,19,23)(H,21,22). The minimum atomic E-state index is -3.63. The van der Waals surface area contributed by atoms with Gasteiger partial charge in [0.2, 0.25) is 10.0 Å². The van der Waals surface area contributed by atoms with Gasteiger partial charge in [-0.1, -0.05) is 18.9 Å². The highest BCUT2D eigenvalue weighted by Crippen LogP contribution is 2.18. The number of nitrogens with zero attached hydrogens (tertiary/aromatic N) is 1. The van der Waals surface area contributed by atoms with Gasteiger partial charge in [0.15, 0.2) is 0 Å². The molecular formula is C18H28N2O5S. The Labute approximate surface area is 155 Å². The van der Waals surface area contributed by atoms with E-state index in [0.717, 1.165) is 19.3 Å². The van der Waals surface area contributed by atoms with Crippen molar-refractivity contribution in [2.45, 2.75) is 56.9 Å². The summed E-state index contributed by atoms with van der Waals surface area (Å²) >= 11 is 0. The molecule has 26 heavy (non-hydrogen) atoms. The van der Waals surface area contributed by atoms with Crippen LogP contribution in [0, 0.1) is 0 Å². The number of carboxylic acid groups (broad SMARTS) is 1. The van der Waals surface area contributed by atoms with Gasteiger partial charge in [0.25, 0.3) is 5.91 Å². The van der Waals surface area contributed by atoms with E-state index >= 15 is 0 Å². The van der Waals surface area contributed by atoms with Crippen molar-refractivity contribution in [2.24, 2.45) is 0 Å². The molecule has 0 aliphatic rings. The molecule has 0 aliphatic carbocycles. The van der Waals surface area contributed by atoms with E-state index in [-0.39, 0.29) is 23.3 Å². The molecule has 1 amide bonds. The predicted octanol–water partition coefficient (Wildman–Crippen LogP) is 2.48. The molecule has 0 saturated carbocycles. The topological polar surface area (TPSA) is 104 Å². The number of carboxylic acids is 1. The molecule has 7 nitrogen and oxygen atoms in total. The third-order valence-corrected chi connectivity index (χ3v) is 6.13. The molecule has 0 heterocycles. The third-order valence-electron chi connectivity index (χ3n) is 4.10. The highest BCUT2D eigenvalue weighted by molar-refractivity contribution is 7.89. The van der Waals surface area contributed by atoms with E-state index in [0.29, 0.717) is 18.5 Å². The quantitative estimate of drug-likeness (QED) is 0.571. The molecule has 8 heteroatoms. The minimum Gasteiger partial charge on any atom is -0.481 e. The van der Waals surface area contributed by atoms with Gasteiger partial charge in [-0.3, -0.25) is 9.59 Å². The van der Waals surface area contributed by atoms with Crippen LogP contribution in [0.3, 0.4) is 0 Å². The van der Waals surface area contributed by atoms with Crippen molar-refractivity contribution in [1.29, 1.82) is 0 Å². The Kier molecular flexibility index (Phi) is 8.74. The Hall–Kier alpha value is -1.93. The zero-order valence-electron chi connectivity index (χ0n) is 15.6. The minimum absolute atomic E-state index is 0.0926. The molecule has 1 aromatic rings. The fourth-order valence-electron chi connectivity index (χ4n) is 2.30. The molecule has 0 atom stereocenters. The average Bonchev–Trinajstić information content (AvgIpc) is 2.59. The molecule has 0 fully saturated rings. The molecule has 0 aliphatic heterocycles. The largest absolute Gasteiger partial charge is 0.481 e. The highest BCUT2D eigenvalue weighted by atomic mass is 32.2. The maximum absolute atomic E-state index is 12.5. The average molecular weight is 384 g/mol. The van der Waals surface area contributed by atoms with Crippen LogP contribution in [0.25, 0.3) is 0 Å². The van der Waals surface area contributed by atoms with Crippen molar-refractivity contribution in [3.05, 3.63) is 29.8 Å². The van der Waals surface area contributed by atoms with Crippen LogP contribution >= 0.6 is 0 Å². The summed E-state index contributed by atoms with van der Waals surface area (Å²) in [7, 11) is -2.12. The van der Waals surface area contributed by atoms with Gasteiger partial charge in [-0.05, 0) is 44.9 Å². The van der Waals surface area contributed by atoms with Gasteiger partial charge in [0, 0.05) is 31.6 Å². The Morgan fingerprint density at radius 2 is 1.81 bits per heavy atom. The lowest BCUT2D eigenvalue weighted by Crippen LogP contribution is -2.33. The zero-order valence-corrected chi connectivity index (χ0v) is 16.4. The van der Waals surface area contributed by atoms with Crippen molar-refractivity contribution in [1.82, 2.24) is 9.62 Å². The lowest BCUT2D eigenvalue weighted by Gasteiger charge is -2.21. The number of sulfonamides is 1. The van der Waals surface area contributed by atoms with Gasteiger partial charge in [-0.15, -0.1) is 0 Å². The number of hydrogen-bond acceptors (Lipinski definition) is 4. The maximum Gasteiger partial charge on any atom is 0.303 e. The van der Waals surface area contributed by atoms with Crippen LogP contribution in [0.15, 0.2) is 29.2 Å². The second-order valence-electron chi connectivity index (χ2n) is 6.46. The Morgan fingerprint density at radius 3 is 2.42 bits per heavy atom. The number of carbonyl (C=O) groups excluding carboxylic acids is 1. The van der Waals surface area contributed by atoms with Crippen LogP contribution in [0.2, 0.25) is 0 Å². The van der Waals surface area contributed by atoms with Crippen LogP contribution in [0.5, 0.6) is 0 Å². The van der Waals surface area contributed by atoms with E-state index in [1.807, 2.05) is 0 Å². The van der Waals surface area contributed by atoms with Crippen molar-refractivity contribution in [3.8, 4) is 0 Å². The number of benzene rings is 1. The van der Waals surface area contributed by atoms with Crippen LogP contribution in [-0.2, 0) is 14.8 Å². The summed E-state index contributed by atoms with van der Waals surface area (Å²) in [6.07, 6.45) is 3.18. The van der Waals surface area contributed by atoms with Crippen LogP contribution < -0.4 is 5.32 Å². The number of carbonyl (C=O) groups is 2. The second-order valence-corrected chi connectivity index (χ2v) is 8.45. The molecule has 1 rings (SSSR count).